The highest BCUT2D eigenvalue weighted by molar-refractivity contribution is 5.78. The molecule has 1 rings (SSSR count). The summed E-state index contributed by atoms with van der Waals surface area (Å²) < 4.78 is 0. The van der Waals surface area contributed by atoms with Crippen LogP contribution < -0.4 is 5.73 Å². The number of likely N-dealkylation sites (tertiary alicyclic amines) is 1. The lowest BCUT2D eigenvalue weighted by atomic mass is 9.99. The van der Waals surface area contributed by atoms with Crippen LogP contribution in [0.3, 0.4) is 0 Å². The van der Waals surface area contributed by atoms with Crippen molar-refractivity contribution in [1.29, 1.82) is 0 Å². The molecule has 1 fully saturated rings. The zero-order valence-electron chi connectivity index (χ0n) is 10.6. The highest BCUT2D eigenvalue weighted by atomic mass is 16.4. The molecule has 1 heterocycles. The zero-order chi connectivity index (χ0) is 13.1. The Morgan fingerprint density at radius 2 is 2.12 bits per heavy atom. The average Bonchev–Trinajstić information content (AvgIpc) is 2.60. The predicted octanol–water partition coefficient (Wildman–Crippen LogP) is 0.970. The van der Waals surface area contributed by atoms with Crippen LogP contribution in [0.15, 0.2) is 0 Å². The number of nitrogens with zero attached hydrogens (tertiary/aromatic N) is 1. The van der Waals surface area contributed by atoms with E-state index < -0.39 is 5.97 Å². The standard InChI is InChI=1S/C12H22N2O3/c1-12(2,13)6-5-10(15)14-7-3-4-9(14)8-11(16)17/h9H,3-8,13H2,1-2H3,(H,16,17). The second-order valence-corrected chi connectivity index (χ2v) is 5.47. The SMILES string of the molecule is CC(C)(N)CCC(=O)N1CCCC1CC(=O)O. The first-order valence-electron chi connectivity index (χ1n) is 6.10. The van der Waals surface area contributed by atoms with Gasteiger partial charge in [-0.05, 0) is 33.1 Å². The first-order valence-corrected chi connectivity index (χ1v) is 6.10. The van der Waals surface area contributed by atoms with E-state index in [2.05, 4.69) is 0 Å². The quantitative estimate of drug-likeness (QED) is 0.752. The van der Waals surface area contributed by atoms with Crippen molar-refractivity contribution in [3.63, 3.8) is 0 Å². The molecule has 0 radical (unpaired) electrons. The van der Waals surface area contributed by atoms with Crippen molar-refractivity contribution in [2.45, 2.75) is 57.5 Å². The minimum atomic E-state index is -0.839. The predicted molar refractivity (Wildman–Crippen MR) is 64.5 cm³/mol. The van der Waals surface area contributed by atoms with Crippen LogP contribution in [0.5, 0.6) is 0 Å². The molecule has 1 aliphatic heterocycles. The molecule has 1 unspecified atom stereocenters. The van der Waals surface area contributed by atoms with Crippen LogP contribution in [0.4, 0.5) is 0 Å². The molecule has 3 N–H and O–H groups in total. The number of carbonyl (C=O) groups is 2. The third kappa shape index (κ3) is 4.73. The summed E-state index contributed by atoms with van der Waals surface area (Å²) in [5.41, 5.74) is 5.48. The Bertz CT molecular complexity index is 297. The van der Waals surface area contributed by atoms with Gasteiger partial charge < -0.3 is 15.7 Å². The van der Waals surface area contributed by atoms with Crippen LogP contribution in [-0.2, 0) is 9.59 Å². The fourth-order valence-electron chi connectivity index (χ4n) is 2.15. The molecule has 5 heteroatoms. The van der Waals surface area contributed by atoms with Crippen molar-refractivity contribution < 1.29 is 14.7 Å². The first-order chi connectivity index (χ1) is 7.79. The zero-order valence-corrected chi connectivity index (χ0v) is 10.6. The molecule has 0 aromatic heterocycles. The molecule has 0 saturated carbocycles. The maximum absolute atomic E-state index is 12.0. The minimum Gasteiger partial charge on any atom is -0.481 e. The van der Waals surface area contributed by atoms with Crippen molar-refractivity contribution >= 4 is 11.9 Å². The van der Waals surface area contributed by atoms with Crippen molar-refractivity contribution in [2.75, 3.05) is 6.54 Å². The summed E-state index contributed by atoms with van der Waals surface area (Å²) in [6, 6.07) is -0.124. The van der Waals surface area contributed by atoms with Gasteiger partial charge in [0.2, 0.25) is 5.91 Å². The van der Waals surface area contributed by atoms with Gasteiger partial charge in [0.05, 0.1) is 6.42 Å². The maximum Gasteiger partial charge on any atom is 0.305 e. The molecule has 0 aromatic rings. The van der Waals surface area contributed by atoms with Crippen LogP contribution in [0.2, 0.25) is 0 Å². The van der Waals surface area contributed by atoms with E-state index in [1.54, 1.807) is 4.90 Å². The van der Waals surface area contributed by atoms with Gasteiger partial charge >= 0.3 is 5.97 Å². The Kier molecular flexibility index (Phi) is 4.51. The molecule has 1 aliphatic rings. The molecule has 0 bridgehead atoms. The van der Waals surface area contributed by atoms with E-state index in [1.165, 1.54) is 0 Å². The van der Waals surface area contributed by atoms with Crippen LogP contribution in [0.1, 0.15) is 46.0 Å². The van der Waals surface area contributed by atoms with Crippen molar-refractivity contribution in [3.05, 3.63) is 0 Å². The number of carboxylic acid groups (broad SMARTS) is 1. The van der Waals surface area contributed by atoms with Gasteiger partial charge in [-0.25, -0.2) is 0 Å². The smallest absolute Gasteiger partial charge is 0.305 e. The molecule has 5 nitrogen and oxygen atoms in total. The van der Waals surface area contributed by atoms with Gasteiger partial charge in [-0.3, -0.25) is 9.59 Å². The molecule has 0 aromatic carbocycles. The van der Waals surface area contributed by atoms with E-state index in [9.17, 15) is 9.59 Å². The summed E-state index contributed by atoms with van der Waals surface area (Å²) >= 11 is 0. The van der Waals surface area contributed by atoms with Gasteiger partial charge in [-0.2, -0.15) is 0 Å². The molecule has 1 saturated heterocycles. The van der Waals surface area contributed by atoms with E-state index in [0.717, 1.165) is 12.8 Å². The normalized spacial score (nSPS) is 20.6. The number of amides is 1. The Labute approximate surface area is 102 Å². The fourth-order valence-corrected chi connectivity index (χ4v) is 2.15. The van der Waals surface area contributed by atoms with Gasteiger partial charge in [-0.1, -0.05) is 0 Å². The largest absolute Gasteiger partial charge is 0.481 e. The van der Waals surface area contributed by atoms with Gasteiger partial charge in [0.15, 0.2) is 0 Å². The number of hydrogen-bond acceptors (Lipinski definition) is 3. The second kappa shape index (κ2) is 5.49. The lowest BCUT2D eigenvalue weighted by Gasteiger charge is -2.25. The van der Waals surface area contributed by atoms with E-state index in [0.29, 0.717) is 19.4 Å². The van der Waals surface area contributed by atoms with Gasteiger partial charge in [0.25, 0.3) is 0 Å². The second-order valence-electron chi connectivity index (χ2n) is 5.47. The Balaban J connectivity index is 2.47. The lowest BCUT2D eigenvalue weighted by Crippen LogP contribution is -2.39. The molecular weight excluding hydrogens is 220 g/mol. The fraction of sp³-hybridized carbons (Fsp3) is 0.833. The molecule has 98 valence electrons. The highest BCUT2D eigenvalue weighted by Gasteiger charge is 2.30. The molecular formula is C12H22N2O3. The van der Waals surface area contributed by atoms with Crippen LogP contribution in [0, 0.1) is 0 Å². The summed E-state index contributed by atoms with van der Waals surface area (Å²) in [7, 11) is 0. The Hall–Kier alpha value is -1.10. The topological polar surface area (TPSA) is 83.6 Å². The molecule has 17 heavy (non-hydrogen) atoms. The van der Waals surface area contributed by atoms with Gasteiger partial charge in [0.1, 0.15) is 0 Å². The summed E-state index contributed by atoms with van der Waals surface area (Å²) in [6.07, 6.45) is 2.78. The van der Waals surface area contributed by atoms with Gasteiger partial charge in [0, 0.05) is 24.5 Å². The van der Waals surface area contributed by atoms with Gasteiger partial charge in [-0.15, -0.1) is 0 Å². The molecule has 1 atom stereocenters. The Morgan fingerprint density at radius 3 is 2.65 bits per heavy atom. The molecule has 1 amide bonds. The highest BCUT2D eigenvalue weighted by Crippen LogP contribution is 2.22. The number of rotatable bonds is 5. The summed E-state index contributed by atoms with van der Waals surface area (Å²) in [6.45, 7) is 4.46. The van der Waals surface area contributed by atoms with Crippen molar-refractivity contribution in [1.82, 2.24) is 4.90 Å². The third-order valence-corrected chi connectivity index (χ3v) is 3.09. The van der Waals surface area contributed by atoms with Crippen LogP contribution in [0.25, 0.3) is 0 Å². The summed E-state index contributed by atoms with van der Waals surface area (Å²) in [5.74, 6) is -0.805. The summed E-state index contributed by atoms with van der Waals surface area (Å²) in [4.78, 5) is 24.4. The first kappa shape index (κ1) is 14.0. The monoisotopic (exact) mass is 242 g/mol. The third-order valence-electron chi connectivity index (χ3n) is 3.09. The van der Waals surface area contributed by atoms with Crippen LogP contribution in [-0.4, -0.2) is 40.0 Å². The molecule has 0 aliphatic carbocycles. The maximum atomic E-state index is 12.0. The van der Waals surface area contributed by atoms with Crippen LogP contribution >= 0.6 is 0 Å². The number of nitrogens with two attached hydrogens (primary N) is 1. The number of carboxylic acids is 1. The van der Waals surface area contributed by atoms with E-state index in [-0.39, 0.29) is 23.9 Å². The number of hydrogen-bond donors (Lipinski definition) is 2. The Morgan fingerprint density at radius 1 is 1.47 bits per heavy atom. The van der Waals surface area contributed by atoms with E-state index in [4.69, 9.17) is 10.8 Å². The molecule has 0 spiro atoms. The lowest BCUT2D eigenvalue weighted by molar-refractivity contribution is -0.140. The summed E-state index contributed by atoms with van der Waals surface area (Å²) in [5, 5.41) is 8.77. The van der Waals surface area contributed by atoms with E-state index in [1.807, 2.05) is 13.8 Å². The number of carbonyl (C=O) groups excluding carboxylic acids is 1. The van der Waals surface area contributed by atoms with Crippen molar-refractivity contribution in [3.8, 4) is 0 Å². The average molecular weight is 242 g/mol. The number of aliphatic carboxylic acids is 1. The minimum absolute atomic E-state index is 0.0345. The van der Waals surface area contributed by atoms with Crippen molar-refractivity contribution in [2.24, 2.45) is 5.73 Å². The van der Waals surface area contributed by atoms with E-state index >= 15 is 0 Å².